The Morgan fingerprint density at radius 2 is 1.48 bits per heavy atom. The van der Waals surface area contributed by atoms with Gasteiger partial charge in [-0.2, -0.15) is 17.7 Å². The number of nitrogens with zero attached hydrogens (tertiary/aromatic N) is 2. The Morgan fingerprint density at radius 3 is 2.13 bits per heavy atom. The van der Waals surface area contributed by atoms with Crippen LogP contribution in [0.2, 0.25) is 10.0 Å². The standard InChI is InChI=1S/C24H18Cl2F3N2/c1-30(20-9-6-18(25)7-10-20)22-12-13-31(23-14-19(26)8-11-21(22)23)15-16-2-4-17(5-3-16)24(27,28)29/h2-14H,15H2,1H3/q+1. The second-order valence-electron chi connectivity index (χ2n) is 7.22. The lowest BCUT2D eigenvalue weighted by atomic mass is 10.1. The van der Waals surface area contributed by atoms with E-state index < -0.39 is 11.7 Å². The van der Waals surface area contributed by atoms with Gasteiger partial charge in [-0.3, -0.25) is 0 Å². The summed E-state index contributed by atoms with van der Waals surface area (Å²) in [5, 5.41) is 2.22. The fraction of sp³-hybridized carbons (Fsp3) is 0.125. The molecule has 0 amide bonds. The first-order chi connectivity index (χ1) is 14.7. The monoisotopic (exact) mass is 461 g/mol. The third-order valence-electron chi connectivity index (χ3n) is 5.17. The summed E-state index contributed by atoms with van der Waals surface area (Å²) in [4.78, 5) is 2.05. The number of alkyl halides is 3. The Balaban J connectivity index is 1.73. The van der Waals surface area contributed by atoms with Gasteiger partial charge in [0.2, 0.25) is 5.52 Å². The molecule has 4 rings (SSSR count). The summed E-state index contributed by atoms with van der Waals surface area (Å²) in [5.41, 5.74) is 2.93. The molecule has 0 atom stereocenters. The van der Waals surface area contributed by atoms with Gasteiger partial charge in [-0.25, -0.2) is 0 Å². The minimum atomic E-state index is -4.35. The highest BCUT2D eigenvalue weighted by Crippen LogP contribution is 2.32. The molecular formula is C24H18Cl2F3N2+. The Morgan fingerprint density at radius 1 is 0.839 bits per heavy atom. The van der Waals surface area contributed by atoms with Gasteiger partial charge in [0.1, 0.15) is 0 Å². The molecule has 0 saturated heterocycles. The molecule has 7 heteroatoms. The van der Waals surface area contributed by atoms with E-state index >= 15 is 0 Å². The summed E-state index contributed by atoms with van der Waals surface area (Å²) in [5.74, 6) is 0. The minimum absolute atomic E-state index is 0.417. The van der Waals surface area contributed by atoms with E-state index in [1.165, 1.54) is 12.1 Å². The molecule has 0 unspecified atom stereocenters. The van der Waals surface area contributed by atoms with Gasteiger partial charge >= 0.3 is 6.18 Å². The van der Waals surface area contributed by atoms with Gasteiger partial charge in [-0.1, -0.05) is 35.3 Å². The SMILES string of the molecule is CN(c1ccc(Cl)cc1)c1cc[n+](Cc2ccc(C(F)(F)F)cc2)c2cc(Cl)ccc12. The summed E-state index contributed by atoms with van der Waals surface area (Å²) < 4.78 is 40.5. The molecule has 4 aromatic rings. The van der Waals surface area contributed by atoms with Crippen molar-refractivity contribution >= 4 is 45.5 Å². The second-order valence-corrected chi connectivity index (χ2v) is 8.09. The van der Waals surface area contributed by atoms with Crippen LogP contribution in [0.4, 0.5) is 24.5 Å². The summed E-state index contributed by atoms with van der Waals surface area (Å²) >= 11 is 12.3. The van der Waals surface area contributed by atoms with E-state index in [-0.39, 0.29) is 0 Å². The van der Waals surface area contributed by atoms with Crippen molar-refractivity contribution in [1.82, 2.24) is 0 Å². The van der Waals surface area contributed by atoms with Crippen LogP contribution in [0.1, 0.15) is 11.1 Å². The van der Waals surface area contributed by atoms with Crippen LogP contribution in [-0.4, -0.2) is 7.05 Å². The van der Waals surface area contributed by atoms with Crippen LogP contribution in [0, 0.1) is 0 Å². The van der Waals surface area contributed by atoms with Crippen LogP contribution in [0.25, 0.3) is 10.9 Å². The number of fused-ring (bicyclic) bond motifs is 1. The molecule has 1 heterocycles. The minimum Gasteiger partial charge on any atom is -0.344 e. The Labute approximate surface area is 188 Å². The van der Waals surface area contributed by atoms with Gasteiger partial charge in [-0.15, -0.1) is 0 Å². The molecule has 0 N–H and O–H groups in total. The third kappa shape index (κ3) is 4.63. The Bertz CT molecular complexity index is 1220. The van der Waals surface area contributed by atoms with E-state index in [4.69, 9.17) is 23.2 Å². The van der Waals surface area contributed by atoms with Crippen LogP contribution in [0.3, 0.4) is 0 Å². The molecule has 158 valence electrons. The van der Waals surface area contributed by atoms with Crippen molar-refractivity contribution in [2.24, 2.45) is 0 Å². The average molecular weight is 462 g/mol. The summed E-state index contributed by atoms with van der Waals surface area (Å²) in [7, 11) is 1.97. The number of aromatic nitrogens is 1. The van der Waals surface area contributed by atoms with Crippen molar-refractivity contribution in [2.75, 3.05) is 11.9 Å². The first kappa shape index (κ1) is 21.5. The van der Waals surface area contributed by atoms with Gasteiger partial charge in [0, 0.05) is 40.5 Å². The number of hydrogen-bond donors (Lipinski definition) is 0. The van der Waals surface area contributed by atoms with Gasteiger partial charge in [-0.05, 0) is 48.5 Å². The molecule has 0 bridgehead atoms. The lowest BCUT2D eigenvalue weighted by Crippen LogP contribution is -2.35. The quantitative estimate of drug-likeness (QED) is 0.290. The van der Waals surface area contributed by atoms with E-state index in [0.717, 1.165) is 40.0 Å². The number of benzene rings is 3. The highest BCUT2D eigenvalue weighted by Gasteiger charge is 2.30. The van der Waals surface area contributed by atoms with Crippen LogP contribution in [-0.2, 0) is 12.7 Å². The zero-order chi connectivity index (χ0) is 22.2. The van der Waals surface area contributed by atoms with E-state index in [2.05, 4.69) is 4.90 Å². The molecule has 0 aliphatic heterocycles. The van der Waals surface area contributed by atoms with Crippen molar-refractivity contribution in [1.29, 1.82) is 0 Å². The van der Waals surface area contributed by atoms with Crippen molar-refractivity contribution in [3.63, 3.8) is 0 Å². The molecule has 0 aliphatic rings. The maximum Gasteiger partial charge on any atom is 0.416 e. The summed E-state index contributed by atoms with van der Waals surface area (Å²) in [6.45, 7) is 0.417. The zero-order valence-electron chi connectivity index (χ0n) is 16.5. The average Bonchev–Trinajstić information content (AvgIpc) is 2.74. The molecule has 0 fully saturated rings. The van der Waals surface area contributed by atoms with Crippen LogP contribution < -0.4 is 9.47 Å². The van der Waals surface area contributed by atoms with Crippen LogP contribution >= 0.6 is 23.2 Å². The largest absolute Gasteiger partial charge is 0.416 e. The van der Waals surface area contributed by atoms with Gasteiger partial charge < -0.3 is 4.90 Å². The van der Waals surface area contributed by atoms with E-state index in [1.807, 2.05) is 66.3 Å². The molecule has 0 saturated carbocycles. The molecule has 31 heavy (non-hydrogen) atoms. The highest BCUT2D eigenvalue weighted by atomic mass is 35.5. The molecule has 2 nitrogen and oxygen atoms in total. The van der Waals surface area contributed by atoms with Crippen molar-refractivity contribution in [2.45, 2.75) is 12.7 Å². The molecule has 1 aromatic heterocycles. The molecule has 0 radical (unpaired) electrons. The van der Waals surface area contributed by atoms with E-state index in [1.54, 1.807) is 0 Å². The van der Waals surface area contributed by atoms with E-state index in [0.29, 0.717) is 16.6 Å². The lowest BCUT2D eigenvalue weighted by molar-refractivity contribution is -0.662. The highest BCUT2D eigenvalue weighted by molar-refractivity contribution is 6.31. The first-order valence-corrected chi connectivity index (χ1v) is 10.2. The van der Waals surface area contributed by atoms with Crippen LogP contribution in [0.15, 0.2) is 79.0 Å². The maximum absolute atomic E-state index is 12.8. The van der Waals surface area contributed by atoms with Gasteiger partial charge in [0.25, 0.3) is 0 Å². The zero-order valence-corrected chi connectivity index (χ0v) is 18.0. The molecule has 0 spiro atoms. The van der Waals surface area contributed by atoms with Crippen molar-refractivity contribution < 1.29 is 17.7 Å². The molecule has 0 aliphatic carbocycles. The second kappa shape index (κ2) is 8.40. The Hall–Kier alpha value is -2.76. The number of halogens is 5. The lowest BCUT2D eigenvalue weighted by Gasteiger charge is -2.21. The van der Waals surface area contributed by atoms with Crippen LogP contribution in [0.5, 0.6) is 0 Å². The van der Waals surface area contributed by atoms with Crippen molar-refractivity contribution in [3.8, 4) is 0 Å². The van der Waals surface area contributed by atoms with Gasteiger partial charge in [0.05, 0.1) is 16.6 Å². The maximum atomic E-state index is 12.8. The van der Waals surface area contributed by atoms with E-state index in [9.17, 15) is 13.2 Å². The molecule has 3 aromatic carbocycles. The van der Waals surface area contributed by atoms with Gasteiger partial charge in [0.15, 0.2) is 12.7 Å². The number of anilines is 2. The smallest absolute Gasteiger partial charge is 0.344 e. The van der Waals surface area contributed by atoms with Crippen molar-refractivity contribution in [3.05, 3.63) is 100 Å². The summed E-state index contributed by atoms with van der Waals surface area (Å²) in [6.07, 6.45) is -2.43. The predicted octanol–water partition coefficient (Wildman–Crippen LogP) is 7.27. The number of pyridine rings is 1. The first-order valence-electron chi connectivity index (χ1n) is 9.49. The Kier molecular flexibility index (Phi) is 5.82. The topological polar surface area (TPSA) is 7.12 Å². The normalized spacial score (nSPS) is 11.7. The number of rotatable bonds is 4. The predicted molar refractivity (Wildman–Crippen MR) is 119 cm³/mol. The fourth-order valence-corrected chi connectivity index (χ4v) is 3.81. The third-order valence-corrected chi connectivity index (χ3v) is 5.65. The molecular weight excluding hydrogens is 444 g/mol. The fourth-order valence-electron chi connectivity index (χ4n) is 3.52. The number of hydrogen-bond acceptors (Lipinski definition) is 1. The summed E-state index contributed by atoms with van der Waals surface area (Å²) in [6, 6.07) is 20.4.